The number of ether oxygens (including phenoxy) is 2. The third-order valence-corrected chi connectivity index (χ3v) is 3.29. The molecule has 1 N–H and O–H groups in total. The molecule has 2 rings (SSSR count). The molecule has 1 fully saturated rings. The van der Waals surface area contributed by atoms with E-state index in [1.54, 1.807) is 18.2 Å². The Labute approximate surface area is 115 Å². The minimum Gasteiger partial charge on any atom is -0.487 e. The smallest absolute Gasteiger partial charge is 0.323 e. The molecule has 0 radical (unpaired) electrons. The number of rotatable bonds is 3. The summed E-state index contributed by atoms with van der Waals surface area (Å²) in [4.78, 5) is 11.3. The highest BCUT2D eigenvalue weighted by Crippen LogP contribution is 2.29. The van der Waals surface area contributed by atoms with Crippen molar-refractivity contribution in [1.29, 1.82) is 0 Å². The fourth-order valence-corrected chi connectivity index (χ4v) is 2.32. The minimum absolute atomic E-state index is 0.104. The summed E-state index contributed by atoms with van der Waals surface area (Å²) in [7, 11) is 1.37. The van der Waals surface area contributed by atoms with Crippen molar-refractivity contribution in [3.05, 3.63) is 28.2 Å². The van der Waals surface area contributed by atoms with Crippen LogP contribution in [-0.2, 0) is 9.53 Å². The molecule has 98 valence electrons. The van der Waals surface area contributed by atoms with Crippen molar-refractivity contribution in [2.24, 2.45) is 0 Å². The summed E-state index contributed by atoms with van der Waals surface area (Å²) in [5.41, 5.74) is 0. The first-order valence-corrected chi connectivity index (χ1v) is 6.28. The van der Waals surface area contributed by atoms with Gasteiger partial charge in [0.15, 0.2) is 0 Å². The van der Waals surface area contributed by atoms with Crippen molar-refractivity contribution in [2.75, 3.05) is 13.7 Å². The van der Waals surface area contributed by atoms with Gasteiger partial charge in [0.2, 0.25) is 0 Å². The van der Waals surface area contributed by atoms with Gasteiger partial charge in [-0.15, -0.1) is 0 Å². The van der Waals surface area contributed by atoms with Gasteiger partial charge in [-0.1, -0.05) is 23.2 Å². The predicted octanol–water partition coefficient (Wildman–Crippen LogP) is 2.28. The second-order valence-electron chi connectivity index (χ2n) is 4.03. The monoisotopic (exact) mass is 289 g/mol. The zero-order valence-corrected chi connectivity index (χ0v) is 11.3. The van der Waals surface area contributed by atoms with Crippen molar-refractivity contribution < 1.29 is 14.3 Å². The maximum absolute atomic E-state index is 11.3. The standard InChI is InChI=1S/C12H13Cl2NO3/c1-17-12(16)10-5-8(6-15-10)18-11-3-2-7(13)4-9(11)14/h2-4,8,10,15H,5-6H2,1H3. The molecular formula is C12H13Cl2NO3. The first kappa shape index (κ1) is 13.5. The molecule has 6 heteroatoms. The topological polar surface area (TPSA) is 47.6 Å². The Balaban J connectivity index is 1.97. The van der Waals surface area contributed by atoms with E-state index in [0.29, 0.717) is 28.8 Å². The number of nitrogens with one attached hydrogen (secondary N) is 1. The molecule has 0 amide bonds. The van der Waals surface area contributed by atoms with Gasteiger partial charge in [0.05, 0.1) is 12.1 Å². The van der Waals surface area contributed by atoms with Gasteiger partial charge in [0.1, 0.15) is 17.9 Å². The van der Waals surface area contributed by atoms with Crippen LogP contribution >= 0.6 is 23.2 Å². The number of halogens is 2. The third kappa shape index (κ3) is 3.07. The summed E-state index contributed by atoms with van der Waals surface area (Å²) < 4.78 is 10.4. The van der Waals surface area contributed by atoms with Crippen molar-refractivity contribution in [3.63, 3.8) is 0 Å². The van der Waals surface area contributed by atoms with Gasteiger partial charge < -0.3 is 14.8 Å². The predicted molar refractivity (Wildman–Crippen MR) is 69.3 cm³/mol. The maximum Gasteiger partial charge on any atom is 0.323 e. The molecule has 1 aliphatic rings. The second kappa shape index (κ2) is 5.78. The highest BCUT2D eigenvalue weighted by molar-refractivity contribution is 6.35. The highest BCUT2D eigenvalue weighted by Gasteiger charge is 2.31. The molecule has 1 aromatic rings. The van der Waals surface area contributed by atoms with Crippen molar-refractivity contribution in [1.82, 2.24) is 5.32 Å². The number of carbonyl (C=O) groups excluding carboxylic acids is 1. The average molecular weight is 290 g/mol. The Morgan fingerprint density at radius 2 is 2.22 bits per heavy atom. The Morgan fingerprint density at radius 3 is 2.89 bits per heavy atom. The van der Waals surface area contributed by atoms with Gasteiger partial charge in [-0.3, -0.25) is 4.79 Å². The Morgan fingerprint density at radius 1 is 1.44 bits per heavy atom. The first-order chi connectivity index (χ1) is 8.60. The quantitative estimate of drug-likeness (QED) is 0.868. The molecule has 18 heavy (non-hydrogen) atoms. The number of hydrogen-bond acceptors (Lipinski definition) is 4. The lowest BCUT2D eigenvalue weighted by Gasteiger charge is -2.14. The van der Waals surface area contributed by atoms with Gasteiger partial charge in [0, 0.05) is 18.0 Å². The molecule has 1 heterocycles. The van der Waals surface area contributed by atoms with Gasteiger partial charge in [-0.2, -0.15) is 0 Å². The molecule has 0 bridgehead atoms. The molecule has 1 saturated heterocycles. The number of carbonyl (C=O) groups is 1. The van der Waals surface area contributed by atoms with Crippen molar-refractivity contribution in [2.45, 2.75) is 18.6 Å². The van der Waals surface area contributed by atoms with Crippen LogP contribution in [0, 0.1) is 0 Å². The first-order valence-electron chi connectivity index (χ1n) is 5.53. The highest BCUT2D eigenvalue weighted by atomic mass is 35.5. The van der Waals surface area contributed by atoms with Crippen LogP contribution in [0.4, 0.5) is 0 Å². The van der Waals surface area contributed by atoms with Crippen LogP contribution in [0.3, 0.4) is 0 Å². The molecule has 0 aromatic heterocycles. The number of methoxy groups -OCH3 is 1. The minimum atomic E-state index is -0.314. The van der Waals surface area contributed by atoms with Crippen LogP contribution in [0.25, 0.3) is 0 Å². The van der Waals surface area contributed by atoms with Gasteiger partial charge in [0.25, 0.3) is 0 Å². The second-order valence-corrected chi connectivity index (χ2v) is 4.88. The maximum atomic E-state index is 11.3. The Kier molecular flexibility index (Phi) is 4.32. The summed E-state index contributed by atoms with van der Waals surface area (Å²) in [6, 6.07) is 4.74. The van der Waals surface area contributed by atoms with Crippen LogP contribution in [-0.4, -0.2) is 31.8 Å². The fourth-order valence-electron chi connectivity index (χ4n) is 1.87. The van der Waals surface area contributed by atoms with E-state index >= 15 is 0 Å². The SMILES string of the molecule is COC(=O)C1CC(Oc2ccc(Cl)cc2Cl)CN1. The van der Waals surface area contributed by atoms with Gasteiger partial charge >= 0.3 is 5.97 Å². The van der Waals surface area contributed by atoms with E-state index in [2.05, 4.69) is 10.1 Å². The molecule has 1 aromatic carbocycles. The summed E-state index contributed by atoms with van der Waals surface area (Å²) in [6.45, 7) is 0.582. The molecule has 1 aliphatic heterocycles. The molecular weight excluding hydrogens is 277 g/mol. The van der Waals surface area contributed by atoms with E-state index < -0.39 is 0 Å². The average Bonchev–Trinajstić information content (AvgIpc) is 2.80. The summed E-state index contributed by atoms with van der Waals surface area (Å²) in [5, 5.41) is 4.06. The van der Waals surface area contributed by atoms with Crippen LogP contribution in [0.2, 0.25) is 10.0 Å². The molecule has 2 unspecified atom stereocenters. The van der Waals surface area contributed by atoms with E-state index in [-0.39, 0.29) is 18.1 Å². The molecule has 4 nitrogen and oxygen atoms in total. The Hall–Kier alpha value is -0.970. The fraction of sp³-hybridized carbons (Fsp3) is 0.417. The van der Waals surface area contributed by atoms with Gasteiger partial charge in [-0.05, 0) is 18.2 Å². The van der Waals surface area contributed by atoms with Gasteiger partial charge in [-0.25, -0.2) is 0 Å². The summed E-state index contributed by atoms with van der Waals surface area (Å²) >= 11 is 11.8. The van der Waals surface area contributed by atoms with Crippen molar-refractivity contribution in [3.8, 4) is 5.75 Å². The van der Waals surface area contributed by atoms with Crippen LogP contribution in [0.1, 0.15) is 6.42 Å². The Bertz CT molecular complexity index is 453. The molecule has 0 saturated carbocycles. The van der Waals surface area contributed by atoms with E-state index in [4.69, 9.17) is 27.9 Å². The van der Waals surface area contributed by atoms with Crippen LogP contribution in [0.15, 0.2) is 18.2 Å². The van der Waals surface area contributed by atoms with Crippen LogP contribution < -0.4 is 10.1 Å². The van der Waals surface area contributed by atoms with E-state index in [1.807, 2.05) is 0 Å². The lowest BCUT2D eigenvalue weighted by Crippen LogP contribution is -2.31. The number of hydrogen-bond donors (Lipinski definition) is 1. The summed E-state index contributed by atoms with van der Waals surface area (Å²) in [5.74, 6) is 0.293. The zero-order chi connectivity index (χ0) is 13.1. The molecule has 0 aliphatic carbocycles. The van der Waals surface area contributed by atoms with Crippen molar-refractivity contribution >= 4 is 29.2 Å². The number of esters is 1. The zero-order valence-electron chi connectivity index (χ0n) is 9.78. The lowest BCUT2D eigenvalue weighted by atomic mass is 10.2. The third-order valence-electron chi connectivity index (χ3n) is 2.76. The molecule has 2 atom stereocenters. The van der Waals surface area contributed by atoms with Crippen LogP contribution in [0.5, 0.6) is 5.75 Å². The summed E-state index contributed by atoms with van der Waals surface area (Å²) in [6.07, 6.45) is 0.457. The largest absolute Gasteiger partial charge is 0.487 e. The van der Waals surface area contributed by atoms with E-state index in [9.17, 15) is 4.79 Å². The van der Waals surface area contributed by atoms with E-state index in [1.165, 1.54) is 7.11 Å². The number of benzene rings is 1. The molecule has 0 spiro atoms. The normalized spacial score (nSPS) is 22.8. The lowest BCUT2D eigenvalue weighted by molar-refractivity contribution is -0.142. The van der Waals surface area contributed by atoms with E-state index in [0.717, 1.165) is 0 Å².